The molecule has 0 amide bonds. The number of carbonyl (C=O) groups excluding carboxylic acids is 1. The summed E-state index contributed by atoms with van der Waals surface area (Å²) in [6.07, 6.45) is 1.91. The third kappa shape index (κ3) is 6.97. The molecule has 106 valence electrons. The molecule has 1 N–H and O–H groups in total. The molecule has 1 aromatic rings. The van der Waals surface area contributed by atoms with Crippen LogP contribution >= 0.6 is 0 Å². The van der Waals surface area contributed by atoms with Gasteiger partial charge in [-0.05, 0) is 39.2 Å². The molecule has 0 heterocycles. The fraction of sp³-hybridized carbons (Fsp3) is 0.562. The molecule has 0 aliphatic heterocycles. The summed E-state index contributed by atoms with van der Waals surface area (Å²) < 4.78 is 5.28. The zero-order chi connectivity index (χ0) is 14.3. The van der Waals surface area contributed by atoms with Gasteiger partial charge in [-0.2, -0.15) is 0 Å². The Balaban J connectivity index is 2.39. The average molecular weight is 263 g/mol. The Labute approximate surface area is 116 Å². The summed E-state index contributed by atoms with van der Waals surface area (Å²) in [5, 5.41) is 3.27. The Morgan fingerprint density at radius 3 is 2.42 bits per heavy atom. The Bertz CT molecular complexity index is 381. The highest BCUT2D eigenvalue weighted by Gasteiger charge is 2.17. The molecule has 3 heteroatoms. The first kappa shape index (κ1) is 15.7. The van der Waals surface area contributed by atoms with Crippen molar-refractivity contribution in [1.29, 1.82) is 0 Å². The molecule has 1 rings (SSSR count). The van der Waals surface area contributed by atoms with E-state index in [0.717, 1.165) is 12.8 Å². The highest BCUT2D eigenvalue weighted by molar-refractivity contribution is 5.72. The van der Waals surface area contributed by atoms with E-state index in [1.807, 2.05) is 39.0 Å². The summed E-state index contributed by atoms with van der Waals surface area (Å²) in [5.41, 5.74) is 0.867. The van der Waals surface area contributed by atoms with Crippen LogP contribution in [0.25, 0.3) is 0 Å². The molecule has 1 atom stereocenters. The number of benzene rings is 1. The van der Waals surface area contributed by atoms with E-state index in [0.29, 0.717) is 6.04 Å². The van der Waals surface area contributed by atoms with Crippen molar-refractivity contribution in [3.63, 3.8) is 0 Å². The topological polar surface area (TPSA) is 38.3 Å². The second kappa shape index (κ2) is 7.29. The molecule has 0 fully saturated rings. The molecule has 0 aliphatic rings. The van der Waals surface area contributed by atoms with Gasteiger partial charge in [-0.25, -0.2) is 0 Å². The summed E-state index contributed by atoms with van der Waals surface area (Å²) in [6, 6.07) is 10.6. The van der Waals surface area contributed by atoms with E-state index < -0.39 is 5.60 Å². The Morgan fingerprint density at radius 1 is 1.26 bits per heavy atom. The molecule has 0 bridgehead atoms. The molecule has 1 unspecified atom stereocenters. The van der Waals surface area contributed by atoms with Gasteiger partial charge in [0.05, 0.1) is 6.54 Å². The smallest absolute Gasteiger partial charge is 0.320 e. The van der Waals surface area contributed by atoms with Crippen LogP contribution in [0.3, 0.4) is 0 Å². The van der Waals surface area contributed by atoms with Crippen LogP contribution in [-0.2, 0) is 16.0 Å². The standard InChI is InChI=1S/C16H25NO2/c1-5-14(11-13-9-7-6-8-10-13)17-12-15(18)19-16(2,3)4/h6-10,14,17H,5,11-12H2,1-4H3. The van der Waals surface area contributed by atoms with Crippen LogP contribution in [0, 0.1) is 0 Å². The van der Waals surface area contributed by atoms with E-state index in [1.54, 1.807) is 0 Å². The van der Waals surface area contributed by atoms with Gasteiger partial charge in [0.15, 0.2) is 0 Å². The lowest BCUT2D eigenvalue weighted by molar-refractivity contribution is -0.153. The molecular formula is C16H25NO2. The van der Waals surface area contributed by atoms with Crippen molar-refractivity contribution >= 4 is 5.97 Å². The van der Waals surface area contributed by atoms with Gasteiger partial charge in [0, 0.05) is 6.04 Å². The molecule has 0 aliphatic carbocycles. The van der Waals surface area contributed by atoms with E-state index >= 15 is 0 Å². The zero-order valence-corrected chi connectivity index (χ0v) is 12.4. The molecule has 3 nitrogen and oxygen atoms in total. The van der Waals surface area contributed by atoms with Gasteiger partial charge < -0.3 is 10.1 Å². The lowest BCUT2D eigenvalue weighted by Gasteiger charge is -2.21. The number of carbonyl (C=O) groups is 1. The number of esters is 1. The summed E-state index contributed by atoms with van der Waals surface area (Å²) in [5.74, 6) is -0.195. The first-order valence-corrected chi connectivity index (χ1v) is 6.90. The number of rotatable bonds is 6. The monoisotopic (exact) mass is 263 g/mol. The van der Waals surface area contributed by atoms with Crippen molar-refractivity contribution in [3.05, 3.63) is 35.9 Å². The van der Waals surface area contributed by atoms with E-state index in [9.17, 15) is 4.79 Å². The first-order valence-electron chi connectivity index (χ1n) is 6.90. The molecular weight excluding hydrogens is 238 g/mol. The fourth-order valence-corrected chi connectivity index (χ4v) is 1.86. The summed E-state index contributed by atoms with van der Waals surface area (Å²) >= 11 is 0. The molecule has 0 aromatic heterocycles. The quantitative estimate of drug-likeness (QED) is 0.802. The Kier molecular flexibility index (Phi) is 6.03. The maximum absolute atomic E-state index is 11.6. The maximum atomic E-state index is 11.6. The molecule has 0 radical (unpaired) electrons. The fourth-order valence-electron chi connectivity index (χ4n) is 1.86. The van der Waals surface area contributed by atoms with Crippen LogP contribution in [0.15, 0.2) is 30.3 Å². The van der Waals surface area contributed by atoms with Crippen LogP contribution in [0.1, 0.15) is 39.7 Å². The van der Waals surface area contributed by atoms with Gasteiger partial charge in [0.25, 0.3) is 0 Å². The van der Waals surface area contributed by atoms with Crippen LogP contribution < -0.4 is 5.32 Å². The zero-order valence-electron chi connectivity index (χ0n) is 12.4. The predicted octanol–water partition coefficient (Wildman–Crippen LogP) is 2.94. The van der Waals surface area contributed by atoms with Crippen molar-refractivity contribution in [2.24, 2.45) is 0 Å². The van der Waals surface area contributed by atoms with E-state index in [1.165, 1.54) is 5.56 Å². The van der Waals surface area contributed by atoms with Crippen molar-refractivity contribution in [2.45, 2.75) is 52.2 Å². The van der Waals surface area contributed by atoms with Gasteiger partial charge >= 0.3 is 5.97 Å². The van der Waals surface area contributed by atoms with Crippen LogP contribution in [0.4, 0.5) is 0 Å². The van der Waals surface area contributed by atoms with E-state index in [-0.39, 0.29) is 12.5 Å². The molecule has 0 saturated heterocycles. The largest absolute Gasteiger partial charge is 0.459 e. The minimum Gasteiger partial charge on any atom is -0.459 e. The second-order valence-electron chi connectivity index (χ2n) is 5.76. The maximum Gasteiger partial charge on any atom is 0.320 e. The van der Waals surface area contributed by atoms with Crippen molar-refractivity contribution < 1.29 is 9.53 Å². The number of ether oxygens (including phenoxy) is 1. The summed E-state index contributed by atoms with van der Waals surface area (Å²) in [6.45, 7) is 8.03. The number of nitrogens with one attached hydrogen (secondary N) is 1. The lowest BCUT2D eigenvalue weighted by Crippen LogP contribution is -2.38. The lowest BCUT2D eigenvalue weighted by atomic mass is 10.0. The minimum atomic E-state index is -0.417. The first-order chi connectivity index (χ1) is 8.90. The van der Waals surface area contributed by atoms with Crippen molar-refractivity contribution in [3.8, 4) is 0 Å². The summed E-state index contributed by atoms with van der Waals surface area (Å²) in [7, 11) is 0. The van der Waals surface area contributed by atoms with Gasteiger partial charge in [-0.15, -0.1) is 0 Å². The third-order valence-electron chi connectivity index (χ3n) is 2.77. The highest BCUT2D eigenvalue weighted by Crippen LogP contribution is 2.08. The molecule has 19 heavy (non-hydrogen) atoms. The minimum absolute atomic E-state index is 0.195. The Morgan fingerprint density at radius 2 is 1.89 bits per heavy atom. The van der Waals surface area contributed by atoms with Gasteiger partial charge in [0.1, 0.15) is 5.60 Å². The van der Waals surface area contributed by atoms with Crippen molar-refractivity contribution in [2.75, 3.05) is 6.54 Å². The van der Waals surface area contributed by atoms with Crippen LogP contribution in [0.2, 0.25) is 0 Å². The highest BCUT2D eigenvalue weighted by atomic mass is 16.6. The number of hydrogen-bond donors (Lipinski definition) is 1. The van der Waals surface area contributed by atoms with Gasteiger partial charge in [-0.1, -0.05) is 37.3 Å². The third-order valence-corrected chi connectivity index (χ3v) is 2.77. The molecule has 0 saturated carbocycles. The van der Waals surface area contributed by atoms with E-state index in [4.69, 9.17) is 4.74 Å². The van der Waals surface area contributed by atoms with E-state index in [2.05, 4.69) is 24.4 Å². The normalized spacial score (nSPS) is 13.1. The summed E-state index contributed by atoms with van der Waals surface area (Å²) in [4.78, 5) is 11.6. The molecule has 1 aromatic carbocycles. The van der Waals surface area contributed by atoms with Crippen LogP contribution in [0.5, 0.6) is 0 Å². The molecule has 0 spiro atoms. The second-order valence-corrected chi connectivity index (χ2v) is 5.76. The predicted molar refractivity (Wildman–Crippen MR) is 78.1 cm³/mol. The average Bonchev–Trinajstić information content (AvgIpc) is 2.33. The Hall–Kier alpha value is -1.35. The van der Waals surface area contributed by atoms with Gasteiger partial charge in [-0.3, -0.25) is 4.79 Å². The number of hydrogen-bond acceptors (Lipinski definition) is 3. The van der Waals surface area contributed by atoms with Crippen molar-refractivity contribution in [1.82, 2.24) is 5.32 Å². The SMILES string of the molecule is CCC(Cc1ccccc1)NCC(=O)OC(C)(C)C. The van der Waals surface area contributed by atoms with Gasteiger partial charge in [0.2, 0.25) is 0 Å². The van der Waals surface area contributed by atoms with Crippen LogP contribution in [-0.4, -0.2) is 24.2 Å².